The molecule has 1 aliphatic rings. The van der Waals surface area contributed by atoms with Gasteiger partial charge in [-0.3, -0.25) is 4.79 Å². The van der Waals surface area contributed by atoms with Crippen LogP contribution in [0.4, 0.5) is 0 Å². The van der Waals surface area contributed by atoms with Gasteiger partial charge in [0.15, 0.2) is 11.5 Å². The smallest absolute Gasteiger partial charge is 0.267 e. The number of para-hydroxylation sites is 2. The molecule has 0 saturated carbocycles. The second-order valence-electron chi connectivity index (χ2n) is 7.14. The largest absolute Gasteiger partial charge is 0.486 e. The average molecular weight is 412 g/mol. The number of hydrogen-bond donors (Lipinski definition) is 0. The average Bonchev–Trinajstić information content (AvgIpc) is 2.81. The van der Waals surface area contributed by atoms with Gasteiger partial charge in [0.25, 0.3) is 5.56 Å². The molecule has 1 aliphatic heterocycles. The molecule has 0 fully saturated rings. The predicted octanol–water partition coefficient (Wildman–Crippen LogP) is 4.68. The Bertz CT molecular complexity index is 1300. The molecule has 0 atom stereocenters. The van der Waals surface area contributed by atoms with Crippen LogP contribution in [0.2, 0.25) is 0 Å². The quantitative estimate of drug-likeness (QED) is 0.487. The number of nitrogens with zero attached hydrogens (tertiary/aromatic N) is 2. The lowest BCUT2D eigenvalue weighted by Gasteiger charge is -2.20. The Hall–Kier alpha value is -4.06. The molecule has 3 aromatic carbocycles. The molecule has 5 rings (SSSR count). The summed E-state index contributed by atoms with van der Waals surface area (Å²) in [5.74, 6) is 2.73. The van der Waals surface area contributed by atoms with Crippen molar-refractivity contribution < 1.29 is 14.2 Å². The molecular weight excluding hydrogens is 392 g/mol. The van der Waals surface area contributed by atoms with Crippen molar-refractivity contribution >= 4 is 0 Å². The van der Waals surface area contributed by atoms with E-state index in [9.17, 15) is 4.79 Å². The Morgan fingerprint density at radius 2 is 1.58 bits per heavy atom. The first kappa shape index (κ1) is 18.9. The Balaban J connectivity index is 1.66. The predicted molar refractivity (Wildman–Crippen MR) is 118 cm³/mol. The minimum absolute atomic E-state index is 0.199. The van der Waals surface area contributed by atoms with Crippen molar-refractivity contribution in [1.29, 1.82) is 0 Å². The molecule has 6 heteroatoms. The molecule has 6 nitrogen and oxygen atoms in total. The van der Waals surface area contributed by atoms with Crippen LogP contribution in [-0.4, -0.2) is 23.0 Å². The maximum absolute atomic E-state index is 12.5. The monoisotopic (exact) mass is 412 g/mol. The fourth-order valence-corrected chi connectivity index (χ4v) is 3.54. The zero-order valence-corrected chi connectivity index (χ0v) is 16.9. The second kappa shape index (κ2) is 7.99. The fourth-order valence-electron chi connectivity index (χ4n) is 3.54. The summed E-state index contributed by atoms with van der Waals surface area (Å²) in [6, 6.07) is 24.5. The van der Waals surface area contributed by atoms with Crippen molar-refractivity contribution in [3.63, 3.8) is 0 Å². The van der Waals surface area contributed by atoms with E-state index in [1.54, 1.807) is 13.1 Å². The van der Waals surface area contributed by atoms with Crippen molar-refractivity contribution in [1.82, 2.24) is 9.78 Å². The van der Waals surface area contributed by atoms with Crippen LogP contribution < -0.4 is 19.8 Å². The molecular formula is C25H20N2O4. The number of hydrogen-bond acceptors (Lipinski definition) is 5. The van der Waals surface area contributed by atoms with Crippen LogP contribution in [0.5, 0.6) is 23.0 Å². The molecule has 0 unspecified atom stereocenters. The van der Waals surface area contributed by atoms with Crippen molar-refractivity contribution in [3.8, 4) is 45.4 Å². The van der Waals surface area contributed by atoms with E-state index in [1.165, 1.54) is 4.68 Å². The van der Waals surface area contributed by atoms with Crippen LogP contribution in [0, 0.1) is 0 Å². The SMILES string of the molecule is Cn1nc(-c2ccccc2Oc2ccccc2)c(-c2ccc3c(c2)OCCO3)cc1=O. The van der Waals surface area contributed by atoms with E-state index < -0.39 is 0 Å². The second-order valence-corrected chi connectivity index (χ2v) is 7.14. The highest BCUT2D eigenvalue weighted by molar-refractivity contribution is 5.84. The van der Waals surface area contributed by atoms with Crippen LogP contribution in [0.1, 0.15) is 0 Å². The highest BCUT2D eigenvalue weighted by Gasteiger charge is 2.19. The third kappa shape index (κ3) is 3.75. The summed E-state index contributed by atoms with van der Waals surface area (Å²) < 4.78 is 18.8. The first-order valence-corrected chi connectivity index (χ1v) is 10.00. The third-order valence-corrected chi connectivity index (χ3v) is 5.06. The van der Waals surface area contributed by atoms with E-state index >= 15 is 0 Å². The van der Waals surface area contributed by atoms with Crippen molar-refractivity contribution in [2.75, 3.05) is 13.2 Å². The van der Waals surface area contributed by atoms with Gasteiger partial charge in [-0.25, -0.2) is 4.68 Å². The highest BCUT2D eigenvalue weighted by Crippen LogP contribution is 2.40. The van der Waals surface area contributed by atoms with E-state index in [2.05, 4.69) is 5.10 Å². The van der Waals surface area contributed by atoms with Gasteiger partial charge in [-0.2, -0.15) is 5.10 Å². The maximum Gasteiger partial charge on any atom is 0.267 e. The highest BCUT2D eigenvalue weighted by atomic mass is 16.6. The fraction of sp³-hybridized carbons (Fsp3) is 0.120. The lowest BCUT2D eigenvalue weighted by molar-refractivity contribution is 0.171. The molecule has 0 amide bonds. The van der Waals surface area contributed by atoms with Gasteiger partial charge in [0.05, 0.1) is 0 Å². The molecule has 0 saturated heterocycles. The zero-order valence-electron chi connectivity index (χ0n) is 16.9. The van der Waals surface area contributed by atoms with Crippen molar-refractivity contribution in [2.24, 2.45) is 7.05 Å². The molecule has 4 aromatic rings. The topological polar surface area (TPSA) is 62.6 Å². The lowest BCUT2D eigenvalue weighted by Crippen LogP contribution is -2.20. The van der Waals surface area contributed by atoms with E-state index in [0.29, 0.717) is 41.7 Å². The van der Waals surface area contributed by atoms with Crippen LogP contribution in [0.25, 0.3) is 22.4 Å². The summed E-state index contributed by atoms with van der Waals surface area (Å²) >= 11 is 0. The van der Waals surface area contributed by atoms with Crippen LogP contribution >= 0.6 is 0 Å². The first-order chi connectivity index (χ1) is 15.2. The Morgan fingerprint density at radius 1 is 0.839 bits per heavy atom. The molecule has 0 bridgehead atoms. The normalized spacial score (nSPS) is 12.4. The third-order valence-electron chi connectivity index (χ3n) is 5.06. The first-order valence-electron chi connectivity index (χ1n) is 10.00. The number of ether oxygens (including phenoxy) is 3. The molecule has 0 aliphatic carbocycles. The Morgan fingerprint density at radius 3 is 2.42 bits per heavy atom. The van der Waals surface area contributed by atoms with Gasteiger partial charge in [0, 0.05) is 24.2 Å². The number of benzene rings is 3. The molecule has 31 heavy (non-hydrogen) atoms. The van der Waals surface area contributed by atoms with Crippen LogP contribution in [0.15, 0.2) is 83.7 Å². The summed E-state index contributed by atoms with van der Waals surface area (Å²) in [7, 11) is 1.64. The number of rotatable bonds is 4. The summed E-state index contributed by atoms with van der Waals surface area (Å²) in [6.07, 6.45) is 0. The summed E-state index contributed by atoms with van der Waals surface area (Å²) in [5.41, 5.74) is 2.75. The van der Waals surface area contributed by atoms with Gasteiger partial charge in [-0.1, -0.05) is 36.4 Å². The molecule has 0 spiro atoms. The van der Waals surface area contributed by atoms with Crippen LogP contribution in [0.3, 0.4) is 0 Å². The molecule has 154 valence electrons. The van der Waals surface area contributed by atoms with Gasteiger partial charge in [-0.15, -0.1) is 0 Å². The standard InChI is InChI=1S/C25H20N2O4/c1-27-24(28)16-20(17-11-12-22-23(15-17)30-14-13-29-22)25(26-27)19-9-5-6-10-21(19)31-18-7-3-2-4-8-18/h2-12,15-16H,13-14H2,1H3. The minimum atomic E-state index is -0.199. The minimum Gasteiger partial charge on any atom is -0.486 e. The summed E-state index contributed by atoms with van der Waals surface area (Å²) in [6.45, 7) is 1.01. The molecule has 2 heterocycles. The van der Waals surface area contributed by atoms with Gasteiger partial charge >= 0.3 is 0 Å². The van der Waals surface area contributed by atoms with Crippen molar-refractivity contribution in [2.45, 2.75) is 0 Å². The van der Waals surface area contributed by atoms with Gasteiger partial charge < -0.3 is 14.2 Å². The zero-order chi connectivity index (χ0) is 21.2. The maximum atomic E-state index is 12.5. The van der Waals surface area contributed by atoms with Gasteiger partial charge in [-0.05, 0) is 42.0 Å². The number of aryl methyl sites for hydroxylation is 1. The van der Waals surface area contributed by atoms with Gasteiger partial charge in [0.1, 0.15) is 30.4 Å². The van der Waals surface area contributed by atoms with Crippen molar-refractivity contribution in [3.05, 3.63) is 89.2 Å². The number of aromatic nitrogens is 2. The Kier molecular flexibility index (Phi) is 4.88. The summed E-state index contributed by atoms with van der Waals surface area (Å²) in [5, 5.41) is 4.59. The van der Waals surface area contributed by atoms with E-state index in [1.807, 2.05) is 72.8 Å². The molecule has 0 N–H and O–H groups in total. The van der Waals surface area contributed by atoms with Gasteiger partial charge in [0.2, 0.25) is 0 Å². The molecule has 1 aromatic heterocycles. The van der Waals surface area contributed by atoms with E-state index in [-0.39, 0.29) is 5.56 Å². The van der Waals surface area contributed by atoms with E-state index in [0.717, 1.165) is 16.9 Å². The Labute approximate surface area is 179 Å². The lowest BCUT2D eigenvalue weighted by atomic mass is 9.99. The van der Waals surface area contributed by atoms with E-state index in [4.69, 9.17) is 14.2 Å². The molecule has 0 radical (unpaired) electrons. The number of fused-ring (bicyclic) bond motifs is 1. The summed E-state index contributed by atoms with van der Waals surface area (Å²) in [4.78, 5) is 12.5. The van der Waals surface area contributed by atoms with Crippen LogP contribution in [-0.2, 0) is 7.05 Å².